The van der Waals surface area contributed by atoms with Gasteiger partial charge in [-0.3, -0.25) is 9.59 Å². The highest BCUT2D eigenvalue weighted by Crippen LogP contribution is 2.28. The maximum atomic E-state index is 12.5. The Morgan fingerprint density at radius 2 is 1.72 bits per heavy atom. The summed E-state index contributed by atoms with van der Waals surface area (Å²) in [7, 11) is 0. The van der Waals surface area contributed by atoms with E-state index in [4.69, 9.17) is 11.6 Å². The molecule has 0 fully saturated rings. The van der Waals surface area contributed by atoms with Gasteiger partial charge in [-0.05, 0) is 71.4 Å². The van der Waals surface area contributed by atoms with Crippen LogP contribution in [0.1, 0.15) is 17.3 Å². The van der Waals surface area contributed by atoms with E-state index in [0.29, 0.717) is 16.3 Å². The lowest BCUT2D eigenvalue weighted by atomic mass is 10.2. The molecule has 0 heterocycles. The molecule has 2 N–H and O–H groups in total. The fourth-order valence-corrected chi connectivity index (χ4v) is 4.04. The van der Waals surface area contributed by atoms with Gasteiger partial charge in [-0.2, -0.15) is 0 Å². The number of hydrogen-bond acceptors (Lipinski definition) is 3. The Balaban J connectivity index is 1.64. The number of anilines is 2. The summed E-state index contributed by atoms with van der Waals surface area (Å²) in [4.78, 5) is 25.8. The number of para-hydroxylation sites is 1. The van der Waals surface area contributed by atoms with E-state index in [1.165, 1.54) is 11.8 Å². The molecular formula is C22H18BrClN2O2S. The summed E-state index contributed by atoms with van der Waals surface area (Å²) < 4.78 is 0.830. The Kier molecular flexibility index (Phi) is 7.36. The molecule has 4 nitrogen and oxygen atoms in total. The maximum absolute atomic E-state index is 12.5. The van der Waals surface area contributed by atoms with Crippen LogP contribution in [0.15, 0.2) is 82.2 Å². The molecule has 0 spiro atoms. The molecule has 148 valence electrons. The Morgan fingerprint density at radius 1 is 0.966 bits per heavy atom. The van der Waals surface area contributed by atoms with Crippen molar-refractivity contribution in [2.24, 2.45) is 0 Å². The van der Waals surface area contributed by atoms with Gasteiger partial charge >= 0.3 is 0 Å². The highest BCUT2D eigenvalue weighted by molar-refractivity contribution is 9.10. The molecule has 0 aromatic heterocycles. The number of rotatable bonds is 6. The first-order valence-electron chi connectivity index (χ1n) is 8.81. The first-order valence-corrected chi connectivity index (χ1v) is 10.9. The van der Waals surface area contributed by atoms with E-state index in [9.17, 15) is 9.59 Å². The van der Waals surface area contributed by atoms with E-state index in [-0.39, 0.29) is 17.1 Å². The van der Waals surface area contributed by atoms with Gasteiger partial charge < -0.3 is 10.6 Å². The predicted octanol–water partition coefficient (Wildman–Crippen LogP) is 6.47. The lowest BCUT2D eigenvalue weighted by Crippen LogP contribution is -2.22. The van der Waals surface area contributed by atoms with Crippen LogP contribution in [0.5, 0.6) is 0 Å². The molecule has 0 saturated carbocycles. The zero-order valence-electron chi connectivity index (χ0n) is 15.5. The van der Waals surface area contributed by atoms with Gasteiger partial charge in [0.1, 0.15) is 0 Å². The highest BCUT2D eigenvalue weighted by Gasteiger charge is 2.16. The van der Waals surface area contributed by atoms with Crippen LogP contribution >= 0.6 is 39.3 Å². The molecule has 3 rings (SSSR count). The van der Waals surface area contributed by atoms with Crippen molar-refractivity contribution in [2.45, 2.75) is 17.1 Å². The van der Waals surface area contributed by atoms with Crippen molar-refractivity contribution in [3.63, 3.8) is 0 Å². The van der Waals surface area contributed by atoms with Crippen molar-refractivity contribution in [3.05, 3.63) is 87.9 Å². The van der Waals surface area contributed by atoms with Crippen molar-refractivity contribution in [2.75, 3.05) is 10.6 Å². The molecule has 2 amide bonds. The van der Waals surface area contributed by atoms with Crippen LogP contribution in [0.4, 0.5) is 11.4 Å². The van der Waals surface area contributed by atoms with E-state index in [0.717, 1.165) is 15.1 Å². The van der Waals surface area contributed by atoms with Gasteiger partial charge in [0.2, 0.25) is 5.91 Å². The number of hydrogen-bond donors (Lipinski definition) is 2. The Bertz CT molecular complexity index is 1040. The number of carbonyl (C=O) groups excluding carboxylic acids is 2. The van der Waals surface area contributed by atoms with Crippen LogP contribution in [0.2, 0.25) is 5.02 Å². The van der Waals surface area contributed by atoms with Gasteiger partial charge in [-0.25, -0.2) is 0 Å². The fourth-order valence-electron chi connectivity index (χ4n) is 2.53. The summed E-state index contributed by atoms with van der Waals surface area (Å²) >= 11 is 10.8. The van der Waals surface area contributed by atoms with Crippen LogP contribution in [-0.2, 0) is 4.79 Å². The van der Waals surface area contributed by atoms with Crippen molar-refractivity contribution in [1.82, 2.24) is 0 Å². The molecule has 29 heavy (non-hydrogen) atoms. The number of halogens is 2. The van der Waals surface area contributed by atoms with Gasteiger partial charge in [0, 0.05) is 25.6 Å². The number of carbonyl (C=O) groups is 2. The monoisotopic (exact) mass is 488 g/mol. The molecule has 0 aliphatic heterocycles. The molecule has 0 saturated heterocycles. The van der Waals surface area contributed by atoms with Crippen molar-refractivity contribution in [1.29, 1.82) is 0 Å². The van der Waals surface area contributed by atoms with Gasteiger partial charge in [-0.1, -0.05) is 35.9 Å². The lowest BCUT2D eigenvalue weighted by molar-refractivity contribution is -0.115. The molecular weight excluding hydrogens is 472 g/mol. The third-order valence-corrected chi connectivity index (χ3v) is 6.01. The summed E-state index contributed by atoms with van der Waals surface area (Å²) in [6.45, 7) is 1.84. The molecule has 0 bridgehead atoms. The highest BCUT2D eigenvalue weighted by atomic mass is 79.9. The summed E-state index contributed by atoms with van der Waals surface area (Å²) in [5.41, 5.74) is 1.86. The van der Waals surface area contributed by atoms with Crippen LogP contribution in [0.25, 0.3) is 0 Å². The smallest absolute Gasteiger partial charge is 0.255 e. The van der Waals surface area contributed by atoms with Crippen molar-refractivity contribution < 1.29 is 9.59 Å². The third kappa shape index (κ3) is 6.10. The topological polar surface area (TPSA) is 58.2 Å². The minimum atomic E-state index is -0.319. The largest absolute Gasteiger partial charge is 0.324 e. The van der Waals surface area contributed by atoms with E-state index in [2.05, 4.69) is 26.6 Å². The summed E-state index contributed by atoms with van der Waals surface area (Å²) in [6.07, 6.45) is 0. The van der Waals surface area contributed by atoms with Crippen LogP contribution in [0, 0.1) is 0 Å². The Hall–Kier alpha value is -2.28. The molecule has 1 unspecified atom stereocenters. The average Bonchev–Trinajstić information content (AvgIpc) is 2.70. The molecule has 3 aromatic carbocycles. The summed E-state index contributed by atoms with van der Waals surface area (Å²) in [5.74, 6) is -0.343. The zero-order valence-corrected chi connectivity index (χ0v) is 18.6. The SMILES string of the molecule is CC(Sc1cccc(NC(=O)c2cccc(Cl)c2)c1)C(=O)Nc1ccccc1Br. The minimum absolute atomic E-state index is 0.102. The molecule has 0 radical (unpaired) electrons. The first-order chi connectivity index (χ1) is 13.9. The second-order valence-electron chi connectivity index (χ2n) is 6.22. The average molecular weight is 490 g/mol. The molecule has 7 heteroatoms. The van der Waals surface area contributed by atoms with E-state index in [1.807, 2.05) is 49.4 Å². The molecule has 3 aromatic rings. The molecule has 1 atom stereocenters. The van der Waals surface area contributed by atoms with Gasteiger partial charge in [0.15, 0.2) is 0 Å². The first kappa shape index (κ1) is 21.4. The van der Waals surface area contributed by atoms with Gasteiger partial charge in [0.05, 0.1) is 10.9 Å². The van der Waals surface area contributed by atoms with E-state index < -0.39 is 0 Å². The lowest BCUT2D eigenvalue weighted by Gasteiger charge is -2.14. The quantitative estimate of drug-likeness (QED) is 0.390. The third-order valence-electron chi connectivity index (χ3n) is 3.99. The van der Waals surface area contributed by atoms with Gasteiger partial charge in [0.25, 0.3) is 5.91 Å². The number of nitrogens with one attached hydrogen (secondary N) is 2. The van der Waals surface area contributed by atoms with Crippen LogP contribution in [-0.4, -0.2) is 17.1 Å². The van der Waals surface area contributed by atoms with Crippen LogP contribution < -0.4 is 10.6 Å². The maximum Gasteiger partial charge on any atom is 0.255 e. The van der Waals surface area contributed by atoms with E-state index >= 15 is 0 Å². The summed E-state index contributed by atoms with van der Waals surface area (Å²) in [6, 6.07) is 21.6. The zero-order chi connectivity index (χ0) is 20.8. The summed E-state index contributed by atoms with van der Waals surface area (Å²) in [5, 5.41) is 5.96. The standard InChI is InChI=1S/C22H18BrClN2O2S/c1-14(21(27)26-20-11-3-2-10-19(20)23)29-18-9-5-8-17(13-18)25-22(28)15-6-4-7-16(24)12-15/h2-14H,1H3,(H,25,28)(H,26,27). The Labute approximate surface area is 187 Å². The Morgan fingerprint density at radius 3 is 2.48 bits per heavy atom. The number of amides is 2. The normalized spacial score (nSPS) is 11.6. The second-order valence-corrected chi connectivity index (χ2v) is 8.93. The van der Waals surface area contributed by atoms with E-state index in [1.54, 1.807) is 30.3 Å². The molecule has 0 aliphatic carbocycles. The minimum Gasteiger partial charge on any atom is -0.324 e. The molecule has 0 aliphatic rings. The second kappa shape index (κ2) is 9.96. The van der Waals surface area contributed by atoms with Gasteiger partial charge in [-0.15, -0.1) is 11.8 Å². The predicted molar refractivity (Wildman–Crippen MR) is 124 cm³/mol. The van der Waals surface area contributed by atoms with Crippen molar-refractivity contribution >= 4 is 62.5 Å². The number of benzene rings is 3. The van der Waals surface area contributed by atoms with Crippen LogP contribution in [0.3, 0.4) is 0 Å². The van der Waals surface area contributed by atoms with Crippen molar-refractivity contribution in [3.8, 4) is 0 Å². The fraction of sp³-hybridized carbons (Fsp3) is 0.0909. The number of thioether (sulfide) groups is 1.